The molecule has 3 rings (SSSR count). The van der Waals surface area contributed by atoms with Crippen molar-refractivity contribution < 1.29 is 18.5 Å². The number of carbonyl (C=O) groups excluding carboxylic acids is 1. The largest absolute Gasteiger partial charge is 0.494 e. The third-order valence-electron chi connectivity index (χ3n) is 2.95. The van der Waals surface area contributed by atoms with Gasteiger partial charge >= 0.3 is 0 Å². The first-order valence-corrected chi connectivity index (χ1v) is 6.81. The summed E-state index contributed by atoms with van der Waals surface area (Å²) in [5, 5.41) is 6.48. The molecule has 6 heteroatoms. The van der Waals surface area contributed by atoms with Crippen molar-refractivity contribution in [3.63, 3.8) is 0 Å². The molecule has 0 radical (unpaired) electrons. The van der Waals surface area contributed by atoms with Gasteiger partial charge in [-0.1, -0.05) is 5.16 Å². The van der Waals surface area contributed by atoms with Gasteiger partial charge in [0, 0.05) is 11.6 Å². The minimum Gasteiger partial charge on any atom is -0.494 e. The number of amides is 1. The molecule has 1 N–H and O–H groups in total. The molecule has 1 amide bonds. The van der Waals surface area contributed by atoms with Crippen LogP contribution in [0.1, 0.15) is 17.3 Å². The second kappa shape index (κ2) is 6.17. The average Bonchev–Trinajstić information content (AvgIpc) is 3.19. The van der Waals surface area contributed by atoms with Gasteiger partial charge < -0.3 is 13.7 Å². The van der Waals surface area contributed by atoms with Crippen molar-refractivity contribution >= 4 is 11.8 Å². The Hall–Kier alpha value is -3.02. The number of hydrogen-bond donors (Lipinski definition) is 1. The summed E-state index contributed by atoms with van der Waals surface area (Å²) in [6.07, 6.45) is 1.54. The summed E-state index contributed by atoms with van der Waals surface area (Å²) in [4.78, 5) is 12.1. The maximum Gasteiger partial charge on any atom is 0.258 e. The molecule has 0 unspecified atom stereocenters. The van der Waals surface area contributed by atoms with Crippen LogP contribution < -0.4 is 10.1 Å². The molecule has 0 saturated carbocycles. The van der Waals surface area contributed by atoms with Gasteiger partial charge in [-0.25, -0.2) is 0 Å². The van der Waals surface area contributed by atoms with E-state index in [2.05, 4.69) is 10.5 Å². The van der Waals surface area contributed by atoms with Crippen LogP contribution in [0.4, 0.5) is 5.88 Å². The van der Waals surface area contributed by atoms with Crippen molar-refractivity contribution in [3.8, 4) is 17.2 Å². The first kappa shape index (κ1) is 13.9. The Balaban J connectivity index is 1.69. The fourth-order valence-corrected chi connectivity index (χ4v) is 1.93. The van der Waals surface area contributed by atoms with Gasteiger partial charge in [0.2, 0.25) is 5.88 Å². The minimum absolute atomic E-state index is 0.255. The van der Waals surface area contributed by atoms with Crippen LogP contribution >= 0.6 is 0 Å². The van der Waals surface area contributed by atoms with Crippen molar-refractivity contribution in [2.45, 2.75) is 6.92 Å². The first-order valence-electron chi connectivity index (χ1n) is 6.81. The van der Waals surface area contributed by atoms with Gasteiger partial charge in [-0.05, 0) is 43.3 Å². The third kappa shape index (κ3) is 3.01. The molecule has 0 fully saturated rings. The lowest BCUT2D eigenvalue weighted by Crippen LogP contribution is -2.11. The molecular formula is C16H14N2O4. The van der Waals surface area contributed by atoms with Crippen molar-refractivity contribution in [1.82, 2.24) is 5.16 Å². The SMILES string of the molecule is CCOc1ccc(C(=O)Nc2cc(-c3ccco3)no2)cc1. The van der Waals surface area contributed by atoms with E-state index in [0.29, 0.717) is 23.6 Å². The van der Waals surface area contributed by atoms with Gasteiger partial charge in [0.05, 0.1) is 12.9 Å². The lowest BCUT2D eigenvalue weighted by Gasteiger charge is -2.04. The number of nitrogens with zero attached hydrogens (tertiary/aromatic N) is 1. The number of aromatic nitrogens is 1. The molecule has 2 aromatic heterocycles. The van der Waals surface area contributed by atoms with Crippen molar-refractivity contribution in [2.75, 3.05) is 11.9 Å². The summed E-state index contributed by atoms with van der Waals surface area (Å²) in [7, 11) is 0. The molecule has 0 atom stereocenters. The Morgan fingerprint density at radius 1 is 1.27 bits per heavy atom. The molecule has 112 valence electrons. The summed E-state index contributed by atoms with van der Waals surface area (Å²) in [6.45, 7) is 2.49. The van der Waals surface area contributed by atoms with Gasteiger partial charge in [0.25, 0.3) is 5.91 Å². The van der Waals surface area contributed by atoms with E-state index in [4.69, 9.17) is 13.7 Å². The molecule has 1 aromatic carbocycles. The molecule has 22 heavy (non-hydrogen) atoms. The quantitative estimate of drug-likeness (QED) is 0.779. The van der Waals surface area contributed by atoms with E-state index in [1.807, 2.05) is 6.92 Å². The number of furan rings is 1. The van der Waals surface area contributed by atoms with Crippen LogP contribution in [-0.4, -0.2) is 17.7 Å². The Morgan fingerprint density at radius 2 is 2.09 bits per heavy atom. The number of carbonyl (C=O) groups is 1. The third-order valence-corrected chi connectivity index (χ3v) is 2.95. The number of nitrogens with one attached hydrogen (secondary N) is 1. The van der Waals surface area contributed by atoms with Crippen LogP contribution in [0.15, 0.2) is 57.7 Å². The Labute approximate surface area is 126 Å². The number of hydrogen-bond acceptors (Lipinski definition) is 5. The highest BCUT2D eigenvalue weighted by atomic mass is 16.5. The fraction of sp³-hybridized carbons (Fsp3) is 0.125. The molecule has 2 heterocycles. The van der Waals surface area contributed by atoms with Gasteiger partial charge in [-0.2, -0.15) is 0 Å². The summed E-state index contributed by atoms with van der Waals surface area (Å²) in [5.74, 6) is 1.26. The van der Waals surface area contributed by atoms with Gasteiger partial charge in [0.15, 0.2) is 11.5 Å². The van der Waals surface area contributed by atoms with E-state index in [1.54, 1.807) is 48.7 Å². The minimum atomic E-state index is -0.287. The van der Waals surface area contributed by atoms with Crippen molar-refractivity contribution in [3.05, 3.63) is 54.3 Å². The predicted octanol–water partition coefficient (Wildman–Crippen LogP) is 3.59. The van der Waals surface area contributed by atoms with Crippen LogP contribution in [0.3, 0.4) is 0 Å². The standard InChI is InChI=1S/C16H14N2O4/c1-2-20-12-7-5-11(6-8-12)16(19)17-15-10-13(18-22-15)14-4-3-9-21-14/h3-10H,2H2,1H3,(H,17,19). The lowest BCUT2D eigenvalue weighted by molar-refractivity contribution is 0.102. The molecule has 0 bridgehead atoms. The number of anilines is 1. The second-order valence-electron chi connectivity index (χ2n) is 4.47. The summed E-state index contributed by atoms with van der Waals surface area (Å²) in [6, 6.07) is 12.0. The Kier molecular flexibility index (Phi) is 3.91. The molecule has 0 aliphatic carbocycles. The maximum atomic E-state index is 12.1. The van der Waals surface area contributed by atoms with Crippen molar-refractivity contribution in [2.24, 2.45) is 0 Å². The van der Waals surface area contributed by atoms with Crippen LogP contribution in [0.5, 0.6) is 5.75 Å². The molecular weight excluding hydrogens is 284 g/mol. The zero-order valence-corrected chi connectivity index (χ0v) is 11.9. The topological polar surface area (TPSA) is 77.5 Å². The summed E-state index contributed by atoms with van der Waals surface area (Å²) in [5.41, 5.74) is 1.02. The average molecular weight is 298 g/mol. The fourth-order valence-electron chi connectivity index (χ4n) is 1.93. The van der Waals surface area contributed by atoms with Crippen LogP contribution in [-0.2, 0) is 0 Å². The van der Waals surface area contributed by atoms with Gasteiger partial charge in [-0.15, -0.1) is 0 Å². The van der Waals surface area contributed by atoms with Crippen LogP contribution in [0.25, 0.3) is 11.5 Å². The maximum absolute atomic E-state index is 12.1. The van der Waals surface area contributed by atoms with Crippen LogP contribution in [0.2, 0.25) is 0 Å². The van der Waals surface area contributed by atoms with E-state index in [-0.39, 0.29) is 11.8 Å². The predicted molar refractivity (Wildman–Crippen MR) is 79.8 cm³/mol. The molecule has 0 spiro atoms. The molecule has 0 saturated heterocycles. The summed E-state index contributed by atoms with van der Waals surface area (Å²) >= 11 is 0. The Morgan fingerprint density at radius 3 is 2.77 bits per heavy atom. The molecule has 0 aliphatic heterocycles. The highest BCUT2D eigenvalue weighted by Crippen LogP contribution is 2.22. The highest BCUT2D eigenvalue weighted by molar-refractivity contribution is 6.03. The van der Waals surface area contributed by atoms with Crippen molar-refractivity contribution in [1.29, 1.82) is 0 Å². The normalized spacial score (nSPS) is 10.4. The zero-order chi connectivity index (χ0) is 15.4. The monoisotopic (exact) mass is 298 g/mol. The van der Waals surface area contributed by atoms with Gasteiger partial charge in [-0.3, -0.25) is 10.1 Å². The number of ether oxygens (including phenoxy) is 1. The van der Waals surface area contributed by atoms with E-state index in [9.17, 15) is 4.79 Å². The Bertz CT molecular complexity index is 745. The zero-order valence-electron chi connectivity index (χ0n) is 11.9. The smallest absolute Gasteiger partial charge is 0.258 e. The van der Waals surface area contributed by atoms with Crippen LogP contribution in [0, 0.1) is 0 Å². The highest BCUT2D eigenvalue weighted by Gasteiger charge is 2.12. The van der Waals surface area contributed by atoms with E-state index < -0.39 is 0 Å². The molecule has 0 aliphatic rings. The molecule has 6 nitrogen and oxygen atoms in total. The summed E-state index contributed by atoms with van der Waals surface area (Å²) < 4.78 is 15.6. The number of rotatable bonds is 5. The number of benzene rings is 1. The van der Waals surface area contributed by atoms with E-state index >= 15 is 0 Å². The van der Waals surface area contributed by atoms with E-state index in [1.165, 1.54) is 0 Å². The first-order chi connectivity index (χ1) is 10.8. The van der Waals surface area contributed by atoms with E-state index in [0.717, 1.165) is 5.75 Å². The second-order valence-corrected chi connectivity index (χ2v) is 4.47. The molecule has 3 aromatic rings. The lowest BCUT2D eigenvalue weighted by atomic mass is 10.2. The van der Waals surface area contributed by atoms with Gasteiger partial charge in [0.1, 0.15) is 5.75 Å².